The molecule has 1 unspecified atom stereocenters. The second-order valence-electron chi connectivity index (χ2n) is 19.1. The Morgan fingerprint density at radius 1 is 0.544 bits per heavy atom. The molecule has 0 saturated carbocycles. The van der Waals surface area contributed by atoms with E-state index in [4.69, 9.17) is 4.42 Å². The molecule has 1 aromatic heterocycles. The fourth-order valence-corrected chi connectivity index (χ4v) is 11.2. The summed E-state index contributed by atoms with van der Waals surface area (Å²) in [7, 11) is 0. The lowest BCUT2D eigenvalue weighted by Crippen LogP contribution is -2.61. The van der Waals surface area contributed by atoms with Crippen LogP contribution in [0.3, 0.4) is 0 Å². The molecule has 0 amide bonds. The zero-order valence-electron chi connectivity index (χ0n) is 40.1. The van der Waals surface area contributed by atoms with Crippen LogP contribution in [0, 0.1) is 6.92 Å². The van der Waals surface area contributed by atoms with Crippen molar-refractivity contribution < 1.29 is 4.42 Å². The minimum absolute atomic E-state index is 0.102. The lowest BCUT2D eigenvalue weighted by Gasteiger charge is -2.44. The minimum atomic E-state index is -0.102. The van der Waals surface area contributed by atoms with E-state index in [1.54, 1.807) is 0 Å². The van der Waals surface area contributed by atoms with E-state index in [1.165, 1.54) is 74.8 Å². The van der Waals surface area contributed by atoms with Crippen molar-refractivity contribution in [3.05, 3.63) is 205 Å². The third-order valence-electron chi connectivity index (χ3n) is 14.7. The molecule has 0 radical (unpaired) electrons. The lowest BCUT2D eigenvalue weighted by molar-refractivity contribution is 0.596. The van der Waals surface area contributed by atoms with Crippen LogP contribution in [0.2, 0.25) is 0 Å². The number of para-hydroxylation sites is 3. The molecular weight excluding hydrogens is 826 g/mol. The SMILES string of the molecule is CCCC[C@@H](C)c1cc2c3c(c1)N(c1ccc(C(CC)CCC)cc1)c1oc4cc(C)ccc4c1B3c1ccc(N(c3ccccc3)c3ccccc3)cc1N2c1ccccc1-c1ccccc1. The molecule has 0 fully saturated rings. The van der Waals surface area contributed by atoms with E-state index < -0.39 is 0 Å². The Bertz CT molecular complexity index is 3180. The Morgan fingerprint density at radius 2 is 1.21 bits per heavy atom. The van der Waals surface area contributed by atoms with Gasteiger partial charge in [0.05, 0.1) is 5.69 Å². The van der Waals surface area contributed by atoms with Crippen molar-refractivity contribution >= 4 is 85.5 Å². The summed E-state index contributed by atoms with van der Waals surface area (Å²) in [5.74, 6) is 1.78. The third kappa shape index (κ3) is 7.59. The predicted molar refractivity (Wildman–Crippen MR) is 291 cm³/mol. The van der Waals surface area contributed by atoms with Crippen molar-refractivity contribution in [2.24, 2.45) is 0 Å². The molecule has 68 heavy (non-hydrogen) atoms. The fourth-order valence-electron chi connectivity index (χ4n) is 11.2. The number of furan rings is 1. The summed E-state index contributed by atoms with van der Waals surface area (Å²) in [6.45, 7) is 11.4. The molecule has 11 rings (SSSR count). The summed E-state index contributed by atoms with van der Waals surface area (Å²) in [6, 6.07) is 70.0. The molecular formula is C63H60BN3O. The Kier molecular flexibility index (Phi) is 11.8. The van der Waals surface area contributed by atoms with Gasteiger partial charge in [-0.1, -0.05) is 162 Å². The van der Waals surface area contributed by atoms with Crippen LogP contribution >= 0.6 is 0 Å². The monoisotopic (exact) mass is 885 g/mol. The smallest absolute Gasteiger partial charge is 0.257 e. The molecule has 336 valence electrons. The van der Waals surface area contributed by atoms with Crippen molar-refractivity contribution in [2.45, 2.75) is 85.0 Å². The maximum absolute atomic E-state index is 7.28. The van der Waals surface area contributed by atoms with Gasteiger partial charge in [-0.3, -0.25) is 4.90 Å². The zero-order valence-corrected chi connectivity index (χ0v) is 40.1. The van der Waals surface area contributed by atoms with E-state index in [2.05, 4.69) is 237 Å². The molecule has 4 nitrogen and oxygen atoms in total. The maximum atomic E-state index is 7.28. The summed E-state index contributed by atoms with van der Waals surface area (Å²) in [5, 5.41) is 1.16. The van der Waals surface area contributed by atoms with E-state index in [0.29, 0.717) is 11.8 Å². The first-order valence-corrected chi connectivity index (χ1v) is 25.0. The summed E-state index contributed by atoms with van der Waals surface area (Å²) in [5.41, 5.74) is 20.2. The highest BCUT2D eigenvalue weighted by molar-refractivity contribution is 7.01. The number of anilines is 9. The maximum Gasteiger partial charge on any atom is 0.257 e. The molecule has 2 aliphatic rings. The van der Waals surface area contributed by atoms with Gasteiger partial charge >= 0.3 is 0 Å². The van der Waals surface area contributed by atoms with E-state index >= 15 is 0 Å². The molecule has 2 aliphatic heterocycles. The summed E-state index contributed by atoms with van der Waals surface area (Å²) in [6.07, 6.45) is 6.94. The average molecular weight is 886 g/mol. The zero-order chi connectivity index (χ0) is 46.3. The topological polar surface area (TPSA) is 22.9 Å². The van der Waals surface area contributed by atoms with Gasteiger partial charge in [0.1, 0.15) is 5.58 Å². The molecule has 0 saturated heterocycles. The van der Waals surface area contributed by atoms with E-state index in [1.807, 2.05) is 0 Å². The minimum Gasteiger partial charge on any atom is -0.440 e. The summed E-state index contributed by atoms with van der Waals surface area (Å²) < 4.78 is 7.28. The van der Waals surface area contributed by atoms with Gasteiger partial charge in [-0.25, -0.2) is 0 Å². The van der Waals surface area contributed by atoms with Gasteiger partial charge < -0.3 is 14.2 Å². The van der Waals surface area contributed by atoms with Gasteiger partial charge in [0.15, 0.2) is 0 Å². The number of rotatable bonds is 14. The summed E-state index contributed by atoms with van der Waals surface area (Å²) in [4.78, 5) is 7.47. The number of benzene rings is 8. The van der Waals surface area contributed by atoms with Crippen molar-refractivity contribution in [2.75, 3.05) is 14.7 Å². The first-order chi connectivity index (χ1) is 33.4. The Morgan fingerprint density at radius 3 is 1.88 bits per heavy atom. The number of hydrogen-bond acceptors (Lipinski definition) is 4. The van der Waals surface area contributed by atoms with E-state index in [9.17, 15) is 0 Å². The van der Waals surface area contributed by atoms with Crippen molar-refractivity contribution in [3.8, 4) is 11.1 Å². The van der Waals surface area contributed by atoms with Crippen LogP contribution in [-0.4, -0.2) is 6.71 Å². The van der Waals surface area contributed by atoms with Crippen LogP contribution in [0.15, 0.2) is 192 Å². The van der Waals surface area contributed by atoms with E-state index in [0.717, 1.165) is 70.2 Å². The van der Waals surface area contributed by atoms with Crippen LogP contribution in [0.25, 0.3) is 22.1 Å². The summed E-state index contributed by atoms with van der Waals surface area (Å²) >= 11 is 0. The molecule has 2 atom stereocenters. The van der Waals surface area contributed by atoms with Crippen LogP contribution < -0.4 is 31.1 Å². The Balaban J connectivity index is 1.24. The number of aryl methyl sites for hydroxylation is 1. The molecule has 0 spiro atoms. The molecule has 8 aromatic carbocycles. The lowest BCUT2D eigenvalue weighted by atomic mass is 9.33. The Hall–Kier alpha value is -7.24. The fraction of sp³-hybridized carbons (Fsp3) is 0.206. The first kappa shape index (κ1) is 43.3. The Labute approximate surface area is 403 Å². The van der Waals surface area contributed by atoms with E-state index in [-0.39, 0.29) is 6.71 Å². The molecule has 9 aromatic rings. The highest BCUT2D eigenvalue weighted by Crippen LogP contribution is 2.50. The standard InChI is InChI=1S/C63H60BN3O/c1-6-9-22-44(5)48-40-58-62-59(41-48)67(56-30-20-19-29-53(56)47-23-13-10-14-24-47)57-42-52(65(49-25-15-11-16-26-49)50-27-17-12-18-28-50)36-38-55(57)64(62)61-54-37-31-43(4)39-60(54)68-63(61)66(58)51-34-32-46(33-35-51)45(8-3)21-7-2/h10-20,23-42,44-45H,6-9,21-22H2,1-5H3/t44-,45?/m1/s1. The number of nitrogens with zero attached hydrogens (tertiary/aromatic N) is 3. The van der Waals surface area contributed by atoms with Crippen LogP contribution in [0.5, 0.6) is 0 Å². The van der Waals surface area contributed by atoms with Gasteiger partial charge in [-0.05, 0) is 144 Å². The van der Waals surface area contributed by atoms with Gasteiger partial charge in [0.25, 0.3) is 6.71 Å². The normalized spacial score (nSPS) is 13.5. The molecule has 0 N–H and O–H groups in total. The predicted octanol–water partition coefficient (Wildman–Crippen LogP) is 16.5. The van der Waals surface area contributed by atoms with Gasteiger partial charge in [-0.2, -0.15) is 0 Å². The molecule has 0 bridgehead atoms. The average Bonchev–Trinajstić information content (AvgIpc) is 3.76. The first-order valence-electron chi connectivity index (χ1n) is 25.0. The van der Waals surface area contributed by atoms with Crippen molar-refractivity contribution in [3.63, 3.8) is 0 Å². The van der Waals surface area contributed by atoms with Gasteiger partial charge in [0, 0.05) is 56.2 Å². The highest BCUT2D eigenvalue weighted by atomic mass is 16.4. The van der Waals surface area contributed by atoms with Crippen molar-refractivity contribution in [1.82, 2.24) is 0 Å². The second kappa shape index (κ2) is 18.5. The molecule has 5 heteroatoms. The number of unbranched alkanes of at least 4 members (excludes halogenated alkanes) is 1. The number of hydrogen-bond donors (Lipinski definition) is 0. The van der Waals surface area contributed by atoms with Crippen LogP contribution in [0.1, 0.15) is 94.7 Å². The van der Waals surface area contributed by atoms with Crippen LogP contribution in [0.4, 0.5) is 51.4 Å². The van der Waals surface area contributed by atoms with Crippen LogP contribution in [-0.2, 0) is 0 Å². The highest BCUT2D eigenvalue weighted by Gasteiger charge is 2.47. The molecule has 3 heterocycles. The number of fused-ring (bicyclic) bond motifs is 6. The second-order valence-corrected chi connectivity index (χ2v) is 19.1. The largest absolute Gasteiger partial charge is 0.440 e. The van der Waals surface area contributed by atoms with Crippen molar-refractivity contribution in [1.29, 1.82) is 0 Å². The quantitative estimate of drug-likeness (QED) is 0.102. The van der Waals surface area contributed by atoms with Gasteiger partial charge in [-0.15, -0.1) is 0 Å². The third-order valence-corrected chi connectivity index (χ3v) is 14.7. The molecule has 0 aliphatic carbocycles. The van der Waals surface area contributed by atoms with Gasteiger partial charge in [0.2, 0.25) is 5.88 Å².